The van der Waals surface area contributed by atoms with Gasteiger partial charge in [-0.2, -0.15) is 0 Å². The van der Waals surface area contributed by atoms with Gasteiger partial charge in [-0.15, -0.1) is 0 Å². The van der Waals surface area contributed by atoms with E-state index in [0.29, 0.717) is 6.61 Å². The second-order valence-corrected chi connectivity index (χ2v) is 6.83. The molecule has 1 heterocycles. The van der Waals surface area contributed by atoms with Crippen LogP contribution in [0.4, 0.5) is 0 Å². The zero-order valence-electron chi connectivity index (χ0n) is 11.5. The summed E-state index contributed by atoms with van der Waals surface area (Å²) in [6.45, 7) is 1.50. The van der Waals surface area contributed by atoms with Gasteiger partial charge in [0.2, 0.25) is 0 Å². The minimum absolute atomic E-state index is 0.203. The third-order valence-electron chi connectivity index (χ3n) is 2.88. The summed E-state index contributed by atoms with van der Waals surface area (Å²) in [4.78, 5) is 6.58. The van der Waals surface area contributed by atoms with Gasteiger partial charge in [-0.3, -0.25) is 0 Å². The van der Waals surface area contributed by atoms with E-state index in [0.717, 1.165) is 25.1 Å². The van der Waals surface area contributed by atoms with Crippen LogP contribution in [0.5, 0.6) is 0 Å². The molecule has 0 fully saturated rings. The molecule has 1 aromatic heterocycles. The van der Waals surface area contributed by atoms with Gasteiger partial charge in [0.25, 0.3) is 0 Å². The van der Waals surface area contributed by atoms with Crippen molar-refractivity contribution >= 4 is 0 Å². The predicted molar refractivity (Wildman–Crippen MR) is 72.2 cm³/mol. The summed E-state index contributed by atoms with van der Waals surface area (Å²) in [6, 6.07) is 8.80. The van der Waals surface area contributed by atoms with Gasteiger partial charge in [0, 0.05) is 7.05 Å². The number of benzene rings is 1. The van der Waals surface area contributed by atoms with Crippen LogP contribution in [0.25, 0.3) is 0 Å². The van der Waals surface area contributed by atoms with Crippen LogP contribution in [0, 0.1) is 3.57 Å². The van der Waals surface area contributed by atoms with Crippen molar-refractivity contribution in [3.8, 4) is 0 Å². The Hall–Kier alpha value is -0.880. The molecular formula is C15H20IN2O-. The first-order valence-corrected chi connectivity index (χ1v) is 9.64. The SMILES string of the molecule is C[I-]c1ccc(COCCCc2cn(C)cn2)cc1. The average Bonchev–Trinajstić information content (AvgIpc) is 2.85. The maximum absolute atomic E-state index is 5.70. The molecule has 0 N–H and O–H groups in total. The number of imidazole rings is 1. The van der Waals surface area contributed by atoms with Crippen molar-refractivity contribution in [1.29, 1.82) is 0 Å². The summed E-state index contributed by atoms with van der Waals surface area (Å²) in [5.74, 6) is 0. The van der Waals surface area contributed by atoms with Gasteiger partial charge >= 0.3 is 118 Å². The van der Waals surface area contributed by atoms with E-state index in [4.69, 9.17) is 4.74 Å². The quantitative estimate of drug-likeness (QED) is 0.371. The Morgan fingerprint density at radius 1 is 1.26 bits per heavy atom. The molecule has 0 aliphatic rings. The Morgan fingerprint density at radius 2 is 2.05 bits per heavy atom. The molecule has 3 nitrogen and oxygen atoms in total. The molecule has 4 heteroatoms. The first-order chi connectivity index (χ1) is 9.28. The van der Waals surface area contributed by atoms with Gasteiger partial charge in [-0.25, -0.2) is 0 Å². The van der Waals surface area contributed by atoms with Crippen molar-refractivity contribution in [3.05, 3.63) is 51.6 Å². The zero-order chi connectivity index (χ0) is 13.5. The fourth-order valence-electron chi connectivity index (χ4n) is 1.85. The number of hydrogen-bond donors (Lipinski definition) is 0. The van der Waals surface area contributed by atoms with Gasteiger partial charge in [0.15, 0.2) is 0 Å². The van der Waals surface area contributed by atoms with Crippen molar-refractivity contribution in [2.24, 2.45) is 7.05 Å². The normalized spacial score (nSPS) is 11.1. The van der Waals surface area contributed by atoms with Crippen molar-refractivity contribution in [2.75, 3.05) is 11.5 Å². The van der Waals surface area contributed by atoms with Crippen molar-refractivity contribution < 1.29 is 25.9 Å². The average molecular weight is 371 g/mol. The van der Waals surface area contributed by atoms with Gasteiger partial charge in [-0.1, -0.05) is 0 Å². The van der Waals surface area contributed by atoms with E-state index >= 15 is 0 Å². The number of nitrogens with zero attached hydrogens (tertiary/aromatic N) is 2. The molecule has 1 aromatic carbocycles. The van der Waals surface area contributed by atoms with E-state index in [1.54, 1.807) is 0 Å². The van der Waals surface area contributed by atoms with Crippen LogP contribution in [0.2, 0.25) is 0 Å². The Balaban J connectivity index is 1.63. The molecule has 104 valence electrons. The van der Waals surface area contributed by atoms with Gasteiger partial charge in [0.05, 0.1) is 0 Å². The monoisotopic (exact) mass is 371 g/mol. The third kappa shape index (κ3) is 4.95. The number of aromatic nitrogens is 2. The Bertz CT molecular complexity index is 493. The van der Waals surface area contributed by atoms with Crippen LogP contribution < -0.4 is 21.2 Å². The Kier molecular flexibility index (Phi) is 5.85. The summed E-state index contributed by atoms with van der Waals surface area (Å²) in [5, 5.41) is 0. The standard InChI is InChI=1S/C15H20IN2O/c1-16-14-7-5-13(6-8-14)11-19-9-3-4-15-10-18(2)12-17-15/h5-8,10,12H,3-4,9,11H2,1-2H3/q-1. The fourth-order valence-corrected chi connectivity index (χ4v) is 2.93. The van der Waals surface area contributed by atoms with E-state index in [1.807, 2.05) is 17.9 Å². The number of hydrogen-bond acceptors (Lipinski definition) is 2. The van der Waals surface area contributed by atoms with Crippen molar-refractivity contribution in [3.63, 3.8) is 0 Å². The molecule has 0 unspecified atom stereocenters. The predicted octanol–water partition coefficient (Wildman–Crippen LogP) is -0.542. The summed E-state index contributed by atoms with van der Waals surface area (Å²) in [7, 11) is 2.00. The molecule has 2 rings (SSSR count). The van der Waals surface area contributed by atoms with Crippen LogP contribution >= 0.6 is 0 Å². The molecule has 0 aliphatic carbocycles. The Labute approximate surface area is 125 Å². The third-order valence-corrected chi connectivity index (χ3v) is 4.84. The molecule has 0 saturated carbocycles. The molecule has 0 spiro atoms. The van der Waals surface area contributed by atoms with Crippen LogP contribution in [0.3, 0.4) is 0 Å². The fraction of sp³-hybridized carbons (Fsp3) is 0.400. The second kappa shape index (κ2) is 7.65. The van der Waals surface area contributed by atoms with Crippen LogP contribution in [-0.2, 0) is 24.8 Å². The molecule has 0 radical (unpaired) electrons. The number of halogens is 1. The maximum atomic E-state index is 5.70. The summed E-state index contributed by atoms with van der Waals surface area (Å²) < 4.78 is 9.16. The van der Waals surface area contributed by atoms with Crippen LogP contribution in [0.1, 0.15) is 17.7 Å². The van der Waals surface area contributed by atoms with E-state index < -0.39 is 0 Å². The van der Waals surface area contributed by atoms with Gasteiger partial charge < -0.3 is 0 Å². The summed E-state index contributed by atoms with van der Waals surface area (Å²) in [6.07, 6.45) is 5.91. The van der Waals surface area contributed by atoms with Crippen LogP contribution in [0.15, 0.2) is 36.8 Å². The molecular weight excluding hydrogens is 351 g/mol. The molecule has 0 atom stereocenters. The van der Waals surface area contributed by atoms with E-state index in [9.17, 15) is 0 Å². The number of rotatable bonds is 7. The minimum atomic E-state index is 0.203. The van der Waals surface area contributed by atoms with Crippen LogP contribution in [-0.4, -0.2) is 21.1 Å². The number of alkyl halides is 1. The van der Waals surface area contributed by atoms with Gasteiger partial charge in [0.1, 0.15) is 0 Å². The summed E-state index contributed by atoms with van der Waals surface area (Å²) in [5.41, 5.74) is 2.40. The van der Waals surface area contributed by atoms with Crippen molar-refractivity contribution in [2.45, 2.75) is 19.4 Å². The first kappa shape index (κ1) is 14.5. The van der Waals surface area contributed by atoms with Gasteiger partial charge in [-0.05, 0) is 0 Å². The Morgan fingerprint density at radius 3 is 2.68 bits per heavy atom. The van der Waals surface area contributed by atoms with Crippen molar-refractivity contribution in [1.82, 2.24) is 9.55 Å². The number of aryl methyl sites for hydroxylation is 2. The zero-order valence-corrected chi connectivity index (χ0v) is 13.6. The number of ether oxygens (including phenoxy) is 1. The topological polar surface area (TPSA) is 27.1 Å². The molecule has 0 aliphatic heterocycles. The molecule has 0 bridgehead atoms. The summed E-state index contributed by atoms with van der Waals surface area (Å²) >= 11 is 0.203. The molecule has 2 aromatic rings. The first-order valence-electron chi connectivity index (χ1n) is 6.41. The molecule has 0 saturated heterocycles. The molecule has 0 amide bonds. The van der Waals surface area contributed by atoms with E-state index in [1.165, 1.54) is 9.13 Å². The second-order valence-electron chi connectivity index (χ2n) is 4.50. The van der Waals surface area contributed by atoms with E-state index in [-0.39, 0.29) is 21.2 Å². The molecule has 19 heavy (non-hydrogen) atoms. The van der Waals surface area contributed by atoms with E-state index in [2.05, 4.69) is 40.4 Å².